The highest BCUT2D eigenvalue weighted by Crippen LogP contribution is 2.30. The van der Waals surface area contributed by atoms with Crippen molar-refractivity contribution in [3.8, 4) is 0 Å². The van der Waals surface area contributed by atoms with Crippen LogP contribution in [0.3, 0.4) is 0 Å². The first-order chi connectivity index (χ1) is 10.3. The Hall–Kier alpha value is -1.13. The molecule has 0 spiro atoms. The molecule has 22 heavy (non-hydrogen) atoms. The van der Waals surface area contributed by atoms with Gasteiger partial charge in [0.1, 0.15) is 0 Å². The zero-order valence-corrected chi connectivity index (χ0v) is 13.9. The maximum absolute atomic E-state index is 12.6. The minimum atomic E-state index is 0. The van der Waals surface area contributed by atoms with E-state index in [1.54, 1.807) is 12.4 Å². The summed E-state index contributed by atoms with van der Waals surface area (Å²) in [4.78, 5) is 18.7. The number of hydrogen-bond donors (Lipinski definition) is 1. The first kappa shape index (κ1) is 17.2. The zero-order chi connectivity index (χ0) is 14.5. The molecule has 0 bridgehead atoms. The van der Waals surface area contributed by atoms with Gasteiger partial charge >= 0.3 is 0 Å². The van der Waals surface area contributed by atoms with Crippen LogP contribution in [0.2, 0.25) is 0 Å². The van der Waals surface area contributed by atoms with Gasteiger partial charge in [-0.1, -0.05) is 0 Å². The molecule has 1 saturated heterocycles. The van der Waals surface area contributed by atoms with Gasteiger partial charge in [-0.05, 0) is 68.8 Å². The van der Waals surface area contributed by atoms with Crippen LogP contribution in [0, 0.1) is 5.92 Å². The van der Waals surface area contributed by atoms with Crippen molar-refractivity contribution in [3.05, 3.63) is 30.1 Å². The van der Waals surface area contributed by atoms with E-state index in [-0.39, 0.29) is 12.4 Å². The highest BCUT2D eigenvalue weighted by Gasteiger charge is 2.32. The third kappa shape index (κ3) is 4.96. The number of aromatic nitrogens is 1. The molecule has 4 nitrogen and oxygen atoms in total. The number of nitrogens with zero attached hydrogens (tertiary/aromatic N) is 2. The summed E-state index contributed by atoms with van der Waals surface area (Å²) in [7, 11) is 0. The molecule has 0 aromatic carbocycles. The lowest BCUT2D eigenvalue weighted by Gasteiger charge is -2.26. The number of carbonyl (C=O) groups excluding carboxylic acids is 1. The van der Waals surface area contributed by atoms with Crippen LogP contribution in [0.25, 0.3) is 0 Å². The van der Waals surface area contributed by atoms with Gasteiger partial charge in [-0.3, -0.25) is 9.78 Å². The molecule has 1 amide bonds. The number of hydrogen-bond acceptors (Lipinski definition) is 3. The normalized spacial score (nSPS) is 18.5. The van der Waals surface area contributed by atoms with Gasteiger partial charge in [-0.25, -0.2) is 0 Å². The van der Waals surface area contributed by atoms with Crippen molar-refractivity contribution >= 4 is 18.3 Å². The van der Waals surface area contributed by atoms with Gasteiger partial charge < -0.3 is 10.2 Å². The average molecular weight is 324 g/mol. The smallest absolute Gasteiger partial charge is 0.223 e. The lowest BCUT2D eigenvalue weighted by Crippen LogP contribution is -2.33. The first-order valence-corrected chi connectivity index (χ1v) is 8.22. The molecule has 2 fully saturated rings. The predicted octanol–water partition coefficient (Wildman–Crippen LogP) is 2.77. The molecule has 1 N–H and O–H groups in total. The summed E-state index contributed by atoms with van der Waals surface area (Å²) in [5.74, 6) is 1.07. The van der Waals surface area contributed by atoms with Crippen molar-refractivity contribution < 1.29 is 4.79 Å². The van der Waals surface area contributed by atoms with E-state index >= 15 is 0 Å². The summed E-state index contributed by atoms with van der Waals surface area (Å²) >= 11 is 0. The predicted molar refractivity (Wildman–Crippen MR) is 89.9 cm³/mol. The molecule has 1 aliphatic carbocycles. The molecular formula is C17H26ClN3O. The SMILES string of the molecule is Cl.O=C(CCC1CCNCC1)N(Cc1ccncc1)C1CC1. The molecule has 0 radical (unpaired) electrons. The number of piperidine rings is 1. The summed E-state index contributed by atoms with van der Waals surface area (Å²) < 4.78 is 0. The highest BCUT2D eigenvalue weighted by atomic mass is 35.5. The summed E-state index contributed by atoms with van der Waals surface area (Å²) in [5, 5.41) is 3.38. The Morgan fingerprint density at radius 3 is 2.50 bits per heavy atom. The number of carbonyl (C=O) groups is 1. The van der Waals surface area contributed by atoms with Crippen LogP contribution >= 0.6 is 12.4 Å². The minimum absolute atomic E-state index is 0. The lowest BCUT2D eigenvalue weighted by atomic mass is 9.93. The van der Waals surface area contributed by atoms with E-state index in [0.717, 1.165) is 32.0 Å². The van der Waals surface area contributed by atoms with Crippen LogP contribution in [-0.4, -0.2) is 34.9 Å². The fourth-order valence-electron chi connectivity index (χ4n) is 3.13. The van der Waals surface area contributed by atoms with E-state index in [0.29, 0.717) is 18.4 Å². The standard InChI is InChI=1S/C17H25N3O.ClH/c21-17(4-1-14-5-9-18-10-6-14)20(16-2-3-16)13-15-7-11-19-12-8-15;/h7-8,11-12,14,16,18H,1-6,9-10,13H2;1H. The first-order valence-electron chi connectivity index (χ1n) is 8.22. The topological polar surface area (TPSA) is 45.2 Å². The Balaban J connectivity index is 0.00000176. The van der Waals surface area contributed by atoms with Crippen molar-refractivity contribution in [1.82, 2.24) is 15.2 Å². The van der Waals surface area contributed by atoms with Crippen molar-refractivity contribution in [2.75, 3.05) is 13.1 Å². The van der Waals surface area contributed by atoms with Crippen LogP contribution in [0.4, 0.5) is 0 Å². The second-order valence-corrected chi connectivity index (χ2v) is 6.34. The Morgan fingerprint density at radius 2 is 1.86 bits per heavy atom. The van der Waals surface area contributed by atoms with E-state index in [4.69, 9.17) is 0 Å². The van der Waals surface area contributed by atoms with Crippen molar-refractivity contribution in [3.63, 3.8) is 0 Å². The summed E-state index contributed by atoms with van der Waals surface area (Å²) in [6.07, 6.45) is 10.2. The number of pyridine rings is 1. The van der Waals surface area contributed by atoms with E-state index in [1.165, 1.54) is 31.2 Å². The second-order valence-electron chi connectivity index (χ2n) is 6.34. The molecular weight excluding hydrogens is 298 g/mol. The van der Waals surface area contributed by atoms with Gasteiger partial charge in [0.05, 0.1) is 0 Å². The zero-order valence-electron chi connectivity index (χ0n) is 13.0. The largest absolute Gasteiger partial charge is 0.335 e. The maximum Gasteiger partial charge on any atom is 0.223 e. The molecule has 5 heteroatoms. The molecule has 2 aliphatic rings. The van der Waals surface area contributed by atoms with Crippen molar-refractivity contribution in [2.24, 2.45) is 5.92 Å². The van der Waals surface area contributed by atoms with Crippen LogP contribution in [0.15, 0.2) is 24.5 Å². The Bertz CT molecular complexity index is 458. The Labute approximate surface area is 139 Å². The fraction of sp³-hybridized carbons (Fsp3) is 0.647. The van der Waals surface area contributed by atoms with Crippen LogP contribution in [0.1, 0.15) is 44.1 Å². The number of rotatable bonds is 6. The van der Waals surface area contributed by atoms with Crippen LogP contribution in [0.5, 0.6) is 0 Å². The van der Waals surface area contributed by atoms with E-state index in [9.17, 15) is 4.79 Å². The summed E-state index contributed by atoms with van der Waals surface area (Å²) in [6.45, 7) is 2.97. The molecule has 1 aliphatic heterocycles. The third-order valence-corrected chi connectivity index (χ3v) is 4.64. The molecule has 0 unspecified atom stereocenters. The van der Waals surface area contributed by atoms with Gasteiger partial charge in [0.15, 0.2) is 0 Å². The molecule has 1 aromatic heterocycles. The molecule has 3 rings (SSSR count). The average Bonchev–Trinajstić information content (AvgIpc) is 3.37. The van der Waals surface area contributed by atoms with Gasteiger partial charge in [0.25, 0.3) is 0 Å². The molecule has 1 aromatic rings. The van der Waals surface area contributed by atoms with Gasteiger partial charge in [0.2, 0.25) is 5.91 Å². The van der Waals surface area contributed by atoms with Crippen LogP contribution in [-0.2, 0) is 11.3 Å². The van der Waals surface area contributed by atoms with Gasteiger partial charge in [-0.15, -0.1) is 12.4 Å². The summed E-state index contributed by atoms with van der Waals surface area (Å²) in [6, 6.07) is 4.50. The minimum Gasteiger partial charge on any atom is -0.335 e. The summed E-state index contributed by atoms with van der Waals surface area (Å²) in [5.41, 5.74) is 1.19. The molecule has 1 saturated carbocycles. The third-order valence-electron chi connectivity index (χ3n) is 4.64. The second kappa shape index (κ2) is 8.49. The maximum atomic E-state index is 12.6. The van der Waals surface area contributed by atoms with E-state index in [2.05, 4.69) is 15.2 Å². The van der Waals surface area contributed by atoms with E-state index in [1.807, 2.05) is 12.1 Å². The quantitative estimate of drug-likeness (QED) is 0.875. The highest BCUT2D eigenvalue weighted by molar-refractivity contribution is 5.85. The van der Waals surface area contributed by atoms with E-state index < -0.39 is 0 Å². The number of amides is 1. The lowest BCUT2D eigenvalue weighted by molar-refractivity contribution is -0.132. The van der Waals surface area contributed by atoms with Gasteiger partial charge in [0, 0.05) is 31.4 Å². The number of nitrogens with one attached hydrogen (secondary N) is 1. The van der Waals surface area contributed by atoms with Gasteiger partial charge in [-0.2, -0.15) is 0 Å². The number of halogens is 1. The Morgan fingerprint density at radius 1 is 1.18 bits per heavy atom. The van der Waals surface area contributed by atoms with Crippen molar-refractivity contribution in [1.29, 1.82) is 0 Å². The van der Waals surface area contributed by atoms with Crippen molar-refractivity contribution in [2.45, 2.75) is 51.1 Å². The monoisotopic (exact) mass is 323 g/mol. The molecule has 2 heterocycles. The fourth-order valence-corrected chi connectivity index (χ4v) is 3.13. The molecule has 122 valence electrons. The Kier molecular flexibility index (Phi) is 6.65. The van der Waals surface area contributed by atoms with Crippen LogP contribution < -0.4 is 5.32 Å². The molecule has 0 atom stereocenters.